The van der Waals surface area contributed by atoms with Crippen LogP contribution in [0.5, 0.6) is 0 Å². The number of amides is 1. The zero-order valence-corrected chi connectivity index (χ0v) is 19.5. The largest absolute Gasteiger partial charge is 0.342 e. The fraction of sp³-hybridized carbons (Fsp3) is 0.0714. The lowest BCUT2D eigenvalue weighted by Gasteiger charge is -2.09. The highest BCUT2D eigenvalue weighted by Gasteiger charge is 2.09. The predicted molar refractivity (Wildman–Crippen MR) is 139 cm³/mol. The maximum atomic E-state index is 12.3. The summed E-state index contributed by atoms with van der Waals surface area (Å²) in [6.45, 7) is 0.756. The molecular weight excluding hydrogens is 474 g/mol. The van der Waals surface area contributed by atoms with Gasteiger partial charge >= 0.3 is 0 Å². The van der Waals surface area contributed by atoms with E-state index in [1.807, 2.05) is 36.4 Å². The molecule has 0 aliphatic carbocycles. The summed E-state index contributed by atoms with van der Waals surface area (Å²) in [4.78, 5) is 12.3. The molecule has 5 rings (SSSR count). The van der Waals surface area contributed by atoms with Crippen LogP contribution in [-0.4, -0.2) is 16.7 Å². The van der Waals surface area contributed by atoms with Gasteiger partial charge in [0.15, 0.2) is 0 Å². The number of carbonyl (C=O) groups excluding carboxylic acids is 1. The Balaban J connectivity index is 1.37. The second-order valence-electron chi connectivity index (χ2n) is 7.96. The molecule has 1 amide bonds. The summed E-state index contributed by atoms with van der Waals surface area (Å²) in [5.74, 6) is -0.145. The van der Waals surface area contributed by atoms with E-state index in [1.54, 1.807) is 6.21 Å². The molecule has 162 valence electrons. The van der Waals surface area contributed by atoms with Crippen LogP contribution in [0.1, 0.15) is 16.7 Å². The highest BCUT2D eigenvalue weighted by molar-refractivity contribution is 9.10. The third-order valence-electron chi connectivity index (χ3n) is 5.71. The lowest BCUT2D eigenvalue weighted by atomic mass is 10.0. The number of hydrogen-bond donors (Lipinski definition) is 1. The minimum absolute atomic E-state index is 0.145. The molecule has 4 aromatic carbocycles. The van der Waals surface area contributed by atoms with Gasteiger partial charge in [0.05, 0.1) is 12.6 Å². The lowest BCUT2D eigenvalue weighted by molar-refractivity contribution is -0.120. The number of carbonyl (C=O) groups is 1. The van der Waals surface area contributed by atoms with Crippen LogP contribution in [0, 0.1) is 0 Å². The number of nitrogens with one attached hydrogen (secondary N) is 1. The van der Waals surface area contributed by atoms with Crippen molar-refractivity contribution in [2.24, 2.45) is 5.10 Å². The zero-order chi connectivity index (χ0) is 22.6. The van der Waals surface area contributed by atoms with Gasteiger partial charge in [-0.05, 0) is 40.1 Å². The molecule has 0 fully saturated rings. The van der Waals surface area contributed by atoms with Crippen LogP contribution in [-0.2, 0) is 17.8 Å². The maximum absolute atomic E-state index is 12.3. The summed E-state index contributed by atoms with van der Waals surface area (Å²) >= 11 is 3.41. The topological polar surface area (TPSA) is 46.4 Å². The third kappa shape index (κ3) is 4.73. The van der Waals surface area contributed by atoms with E-state index in [-0.39, 0.29) is 12.3 Å². The third-order valence-corrected chi connectivity index (χ3v) is 6.24. The summed E-state index contributed by atoms with van der Waals surface area (Å²) in [5.41, 5.74) is 6.96. The number of aromatic nitrogens is 1. The van der Waals surface area contributed by atoms with Crippen LogP contribution in [0.4, 0.5) is 0 Å². The van der Waals surface area contributed by atoms with E-state index in [0.29, 0.717) is 0 Å². The molecule has 4 nitrogen and oxygen atoms in total. The summed E-state index contributed by atoms with van der Waals surface area (Å²) in [6.07, 6.45) is 4.10. The molecule has 0 bridgehead atoms. The number of fused-ring (bicyclic) bond motifs is 2. The van der Waals surface area contributed by atoms with Crippen molar-refractivity contribution in [1.29, 1.82) is 0 Å². The number of halogens is 1. The molecule has 0 unspecified atom stereocenters. The first kappa shape index (κ1) is 21.2. The van der Waals surface area contributed by atoms with Gasteiger partial charge in [0, 0.05) is 33.7 Å². The smallest absolute Gasteiger partial charge is 0.244 e. The van der Waals surface area contributed by atoms with E-state index in [2.05, 4.69) is 91.8 Å². The van der Waals surface area contributed by atoms with Crippen LogP contribution < -0.4 is 5.43 Å². The van der Waals surface area contributed by atoms with Gasteiger partial charge in [-0.15, -0.1) is 0 Å². The minimum atomic E-state index is -0.145. The van der Waals surface area contributed by atoms with Gasteiger partial charge in [-0.2, -0.15) is 5.10 Å². The average Bonchev–Trinajstić information content (AvgIpc) is 3.18. The summed E-state index contributed by atoms with van der Waals surface area (Å²) in [6, 6.07) is 30.8. The molecule has 0 aliphatic rings. The molecule has 33 heavy (non-hydrogen) atoms. The Morgan fingerprint density at radius 3 is 2.45 bits per heavy atom. The maximum Gasteiger partial charge on any atom is 0.244 e. The van der Waals surface area contributed by atoms with Crippen molar-refractivity contribution in [3.63, 3.8) is 0 Å². The summed E-state index contributed by atoms with van der Waals surface area (Å²) in [5, 5.41) is 7.82. The van der Waals surface area contributed by atoms with Gasteiger partial charge in [0.2, 0.25) is 5.91 Å². The molecule has 0 spiro atoms. The Morgan fingerprint density at radius 1 is 0.879 bits per heavy atom. The standard InChI is InChI=1S/C28H22BrN3O/c29-24-14-12-20(13-15-24)16-28(33)31-30-17-23-19-32(27-11-4-3-10-26(23)27)18-22-8-5-7-21-6-1-2-9-25(21)22/h1-15,17,19H,16,18H2,(H,31,33)/b30-17-. The number of hydrazone groups is 1. The molecule has 0 aliphatic heterocycles. The highest BCUT2D eigenvalue weighted by Crippen LogP contribution is 2.24. The Hall–Kier alpha value is -3.70. The van der Waals surface area contributed by atoms with Crippen molar-refractivity contribution in [2.75, 3.05) is 0 Å². The number of nitrogens with zero attached hydrogens (tertiary/aromatic N) is 2. The fourth-order valence-corrected chi connectivity index (χ4v) is 4.39. The second-order valence-corrected chi connectivity index (χ2v) is 8.88. The molecule has 0 saturated carbocycles. The Bertz CT molecular complexity index is 1460. The normalized spacial score (nSPS) is 11.4. The first-order valence-electron chi connectivity index (χ1n) is 10.8. The Labute approximate surface area is 200 Å². The summed E-state index contributed by atoms with van der Waals surface area (Å²) in [7, 11) is 0. The van der Waals surface area contributed by atoms with Crippen LogP contribution in [0.2, 0.25) is 0 Å². The molecule has 5 aromatic rings. The number of benzene rings is 4. The molecule has 0 saturated heterocycles. The van der Waals surface area contributed by atoms with E-state index in [4.69, 9.17) is 0 Å². The van der Waals surface area contributed by atoms with Gasteiger partial charge in [-0.25, -0.2) is 5.43 Å². The first-order chi connectivity index (χ1) is 16.2. The van der Waals surface area contributed by atoms with Crippen molar-refractivity contribution >= 4 is 49.7 Å². The molecule has 1 N–H and O–H groups in total. The highest BCUT2D eigenvalue weighted by atomic mass is 79.9. The lowest BCUT2D eigenvalue weighted by Crippen LogP contribution is -2.19. The average molecular weight is 496 g/mol. The predicted octanol–water partition coefficient (Wildman–Crippen LogP) is 6.30. The quantitative estimate of drug-likeness (QED) is 0.218. The van der Waals surface area contributed by atoms with Crippen LogP contribution >= 0.6 is 15.9 Å². The van der Waals surface area contributed by atoms with Crippen LogP contribution in [0.15, 0.2) is 107 Å². The molecular formula is C28H22BrN3O. The van der Waals surface area contributed by atoms with Crippen molar-refractivity contribution in [3.05, 3.63) is 118 Å². The Morgan fingerprint density at radius 2 is 1.61 bits per heavy atom. The van der Waals surface area contributed by atoms with E-state index in [9.17, 15) is 4.79 Å². The monoisotopic (exact) mass is 495 g/mol. The second kappa shape index (κ2) is 9.43. The van der Waals surface area contributed by atoms with E-state index in [0.717, 1.165) is 33.0 Å². The van der Waals surface area contributed by atoms with Gasteiger partial charge in [-0.3, -0.25) is 4.79 Å². The van der Waals surface area contributed by atoms with Gasteiger partial charge in [0.25, 0.3) is 0 Å². The van der Waals surface area contributed by atoms with E-state index >= 15 is 0 Å². The summed E-state index contributed by atoms with van der Waals surface area (Å²) < 4.78 is 3.23. The van der Waals surface area contributed by atoms with Crippen molar-refractivity contribution < 1.29 is 4.79 Å². The van der Waals surface area contributed by atoms with E-state index in [1.165, 1.54) is 16.3 Å². The molecule has 1 aromatic heterocycles. The SMILES string of the molecule is O=C(Cc1ccc(Br)cc1)N/N=C\c1cn(Cc2cccc3ccccc23)c2ccccc12. The van der Waals surface area contributed by atoms with E-state index < -0.39 is 0 Å². The number of para-hydroxylation sites is 1. The van der Waals surface area contributed by atoms with Crippen LogP contribution in [0.25, 0.3) is 21.7 Å². The number of hydrogen-bond acceptors (Lipinski definition) is 2. The van der Waals surface area contributed by atoms with Crippen molar-refractivity contribution in [1.82, 2.24) is 9.99 Å². The number of rotatable bonds is 6. The van der Waals surface area contributed by atoms with Gasteiger partial charge < -0.3 is 4.57 Å². The zero-order valence-electron chi connectivity index (χ0n) is 17.9. The van der Waals surface area contributed by atoms with Gasteiger partial charge in [-0.1, -0.05) is 88.7 Å². The Kier molecular flexibility index (Phi) is 6.05. The molecule has 0 atom stereocenters. The van der Waals surface area contributed by atoms with Crippen molar-refractivity contribution in [3.8, 4) is 0 Å². The first-order valence-corrected chi connectivity index (χ1v) is 11.6. The molecule has 1 heterocycles. The van der Waals surface area contributed by atoms with Crippen molar-refractivity contribution in [2.45, 2.75) is 13.0 Å². The van der Waals surface area contributed by atoms with Gasteiger partial charge in [0.1, 0.15) is 0 Å². The minimum Gasteiger partial charge on any atom is -0.342 e. The van der Waals surface area contributed by atoms with Crippen LogP contribution in [0.3, 0.4) is 0 Å². The fourth-order valence-electron chi connectivity index (χ4n) is 4.12. The molecule has 5 heteroatoms. The molecule has 0 radical (unpaired) electrons.